The number of rotatable bonds is 4. The number of pyridine rings is 1. The summed E-state index contributed by atoms with van der Waals surface area (Å²) < 4.78 is 0. The second-order valence-corrected chi connectivity index (χ2v) is 5.36. The molecule has 0 amide bonds. The summed E-state index contributed by atoms with van der Waals surface area (Å²) in [5, 5.41) is 3.25. The van der Waals surface area contributed by atoms with Gasteiger partial charge >= 0.3 is 0 Å². The fourth-order valence-electron chi connectivity index (χ4n) is 2.86. The Bertz CT molecular complexity index is 374. The van der Waals surface area contributed by atoms with Gasteiger partial charge in [-0.1, -0.05) is 13.0 Å². The Balaban J connectivity index is 2.18. The minimum atomic E-state index is 0.365. The van der Waals surface area contributed by atoms with E-state index in [1.807, 2.05) is 13.2 Å². The van der Waals surface area contributed by atoms with Crippen molar-refractivity contribution in [3.8, 4) is 0 Å². The molecule has 0 saturated carbocycles. The average Bonchev–Trinajstić information content (AvgIpc) is 2.79. The number of anilines is 1. The normalized spacial score (nSPS) is 25.4. The van der Waals surface area contributed by atoms with E-state index >= 15 is 0 Å². The van der Waals surface area contributed by atoms with E-state index in [1.54, 1.807) is 0 Å². The number of hydrogen-bond donors (Lipinski definition) is 1. The molecule has 0 aliphatic carbocycles. The molecule has 1 fully saturated rings. The fraction of sp³-hybridized carbons (Fsp3) is 0.667. The van der Waals surface area contributed by atoms with Crippen LogP contribution in [0, 0.1) is 0 Å². The molecule has 3 nitrogen and oxygen atoms in total. The van der Waals surface area contributed by atoms with Crippen LogP contribution in [-0.2, 0) is 0 Å². The van der Waals surface area contributed by atoms with Crippen LogP contribution in [0.25, 0.3) is 0 Å². The predicted octanol–water partition coefficient (Wildman–Crippen LogP) is 3.13. The minimum absolute atomic E-state index is 0.365. The van der Waals surface area contributed by atoms with Crippen LogP contribution in [0.3, 0.4) is 0 Å². The Morgan fingerprint density at radius 3 is 2.78 bits per heavy atom. The lowest BCUT2D eigenvalue weighted by molar-refractivity contribution is 0.618. The molecule has 100 valence electrons. The summed E-state index contributed by atoms with van der Waals surface area (Å²) in [5.74, 6) is 1.14. The molecular formula is C15H25N3. The van der Waals surface area contributed by atoms with Crippen molar-refractivity contribution < 1.29 is 0 Å². The minimum Gasteiger partial charge on any atom is -0.351 e. The Kier molecular flexibility index (Phi) is 4.23. The van der Waals surface area contributed by atoms with E-state index in [4.69, 9.17) is 0 Å². The SMILES string of the molecule is CCC1CCC(C)N1c1ccc(C(C)NC)cn1. The summed E-state index contributed by atoms with van der Waals surface area (Å²) in [6, 6.07) is 6.02. The first-order chi connectivity index (χ1) is 8.67. The molecule has 0 radical (unpaired) electrons. The molecule has 2 rings (SSSR count). The van der Waals surface area contributed by atoms with E-state index in [2.05, 4.69) is 48.1 Å². The van der Waals surface area contributed by atoms with Crippen molar-refractivity contribution in [3.05, 3.63) is 23.9 Å². The third-order valence-corrected chi connectivity index (χ3v) is 4.23. The second kappa shape index (κ2) is 5.70. The Labute approximate surface area is 111 Å². The quantitative estimate of drug-likeness (QED) is 0.886. The van der Waals surface area contributed by atoms with Crippen LogP contribution in [0.1, 0.15) is 51.6 Å². The fourth-order valence-corrected chi connectivity index (χ4v) is 2.86. The maximum absolute atomic E-state index is 4.66. The highest BCUT2D eigenvalue weighted by atomic mass is 15.3. The van der Waals surface area contributed by atoms with E-state index < -0.39 is 0 Å². The van der Waals surface area contributed by atoms with Crippen molar-refractivity contribution in [2.75, 3.05) is 11.9 Å². The highest BCUT2D eigenvalue weighted by Crippen LogP contribution is 2.30. The summed E-state index contributed by atoms with van der Waals surface area (Å²) in [7, 11) is 1.98. The lowest BCUT2D eigenvalue weighted by Gasteiger charge is -2.29. The van der Waals surface area contributed by atoms with E-state index in [0.29, 0.717) is 18.1 Å². The molecule has 2 heterocycles. The molecule has 3 unspecified atom stereocenters. The molecule has 1 saturated heterocycles. The topological polar surface area (TPSA) is 28.2 Å². The van der Waals surface area contributed by atoms with Gasteiger partial charge in [0.25, 0.3) is 0 Å². The van der Waals surface area contributed by atoms with Gasteiger partial charge in [0.05, 0.1) is 0 Å². The molecule has 0 aromatic carbocycles. The third kappa shape index (κ3) is 2.51. The van der Waals surface area contributed by atoms with Gasteiger partial charge in [-0.3, -0.25) is 0 Å². The standard InChI is InChI=1S/C15H25N3/c1-5-14-8-6-11(2)18(14)15-9-7-13(10-17-15)12(3)16-4/h7,9-12,14,16H,5-6,8H2,1-4H3. The Hall–Kier alpha value is -1.09. The first-order valence-electron chi connectivity index (χ1n) is 7.09. The monoisotopic (exact) mass is 247 g/mol. The second-order valence-electron chi connectivity index (χ2n) is 5.36. The average molecular weight is 247 g/mol. The van der Waals surface area contributed by atoms with Crippen molar-refractivity contribution in [1.29, 1.82) is 0 Å². The van der Waals surface area contributed by atoms with Crippen LogP contribution in [0.5, 0.6) is 0 Å². The molecular weight excluding hydrogens is 222 g/mol. The predicted molar refractivity (Wildman–Crippen MR) is 77.0 cm³/mol. The molecule has 0 spiro atoms. The highest BCUT2D eigenvalue weighted by Gasteiger charge is 2.30. The number of nitrogens with one attached hydrogen (secondary N) is 1. The summed E-state index contributed by atoms with van der Waals surface area (Å²) >= 11 is 0. The van der Waals surface area contributed by atoms with E-state index in [-0.39, 0.29) is 0 Å². The summed E-state index contributed by atoms with van der Waals surface area (Å²) in [5.41, 5.74) is 1.25. The first kappa shape index (κ1) is 13.3. The summed E-state index contributed by atoms with van der Waals surface area (Å²) in [6.45, 7) is 6.73. The van der Waals surface area contributed by atoms with Crippen molar-refractivity contribution in [3.63, 3.8) is 0 Å². The third-order valence-electron chi connectivity index (χ3n) is 4.23. The van der Waals surface area contributed by atoms with Crippen molar-refractivity contribution in [2.45, 2.75) is 58.2 Å². The number of nitrogens with zero attached hydrogens (tertiary/aromatic N) is 2. The molecule has 3 atom stereocenters. The van der Waals surface area contributed by atoms with Gasteiger partial charge in [-0.25, -0.2) is 4.98 Å². The van der Waals surface area contributed by atoms with Crippen LogP contribution in [0.15, 0.2) is 18.3 Å². The van der Waals surface area contributed by atoms with Gasteiger partial charge in [-0.05, 0) is 51.8 Å². The Morgan fingerprint density at radius 1 is 1.44 bits per heavy atom. The smallest absolute Gasteiger partial charge is 0.128 e. The molecule has 1 N–H and O–H groups in total. The van der Waals surface area contributed by atoms with Crippen LogP contribution in [0.4, 0.5) is 5.82 Å². The van der Waals surface area contributed by atoms with Gasteiger partial charge in [0.15, 0.2) is 0 Å². The zero-order valence-electron chi connectivity index (χ0n) is 12.0. The van der Waals surface area contributed by atoms with Gasteiger partial charge < -0.3 is 10.2 Å². The number of hydrogen-bond acceptors (Lipinski definition) is 3. The lowest BCUT2D eigenvalue weighted by Crippen LogP contribution is -2.34. The van der Waals surface area contributed by atoms with Gasteiger partial charge in [-0.2, -0.15) is 0 Å². The number of aromatic nitrogens is 1. The van der Waals surface area contributed by atoms with Crippen LogP contribution in [0.2, 0.25) is 0 Å². The van der Waals surface area contributed by atoms with Gasteiger partial charge in [0, 0.05) is 24.3 Å². The molecule has 1 aliphatic heterocycles. The van der Waals surface area contributed by atoms with E-state index in [0.717, 1.165) is 5.82 Å². The van der Waals surface area contributed by atoms with Crippen LogP contribution >= 0.6 is 0 Å². The van der Waals surface area contributed by atoms with Crippen molar-refractivity contribution in [2.24, 2.45) is 0 Å². The molecule has 3 heteroatoms. The largest absolute Gasteiger partial charge is 0.351 e. The Morgan fingerprint density at radius 2 is 2.22 bits per heavy atom. The van der Waals surface area contributed by atoms with Crippen LogP contribution in [-0.4, -0.2) is 24.1 Å². The van der Waals surface area contributed by atoms with Gasteiger partial charge in [-0.15, -0.1) is 0 Å². The maximum atomic E-state index is 4.66. The highest BCUT2D eigenvalue weighted by molar-refractivity contribution is 5.43. The molecule has 1 aromatic heterocycles. The van der Waals surface area contributed by atoms with Crippen molar-refractivity contribution in [1.82, 2.24) is 10.3 Å². The van der Waals surface area contributed by atoms with Crippen molar-refractivity contribution >= 4 is 5.82 Å². The zero-order valence-corrected chi connectivity index (χ0v) is 12.0. The first-order valence-corrected chi connectivity index (χ1v) is 7.09. The summed E-state index contributed by atoms with van der Waals surface area (Å²) in [4.78, 5) is 7.16. The molecule has 1 aromatic rings. The lowest BCUT2D eigenvalue weighted by atomic mass is 10.1. The van der Waals surface area contributed by atoms with E-state index in [9.17, 15) is 0 Å². The molecule has 1 aliphatic rings. The summed E-state index contributed by atoms with van der Waals surface area (Å²) in [6.07, 6.45) is 5.80. The van der Waals surface area contributed by atoms with Crippen LogP contribution < -0.4 is 10.2 Å². The van der Waals surface area contributed by atoms with E-state index in [1.165, 1.54) is 24.8 Å². The molecule has 18 heavy (non-hydrogen) atoms. The zero-order chi connectivity index (χ0) is 13.1. The van der Waals surface area contributed by atoms with Gasteiger partial charge in [0.1, 0.15) is 5.82 Å². The molecule has 0 bridgehead atoms. The maximum Gasteiger partial charge on any atom is 0.128 e. The van der Waals surface area contributed by atoms with Gasteiger partial charge in [0.2, 0.25) is 0 Å².